The maximum Gasteiger partial charge on any atom is 0.315 e. The van der Waals surface area contributed by atoms with Gasteiger partial charge < -0.3 is 4.74 Å². The molecule has 0 aromatic carbocycles. The molecule has 0 saturated carbocycles. The summed E-state index contributed by atoms with van der Waals surface area (Å²) >= 11 is 3.84. The van der Waals surface area contributed by atoms with Crippen molar-refractivity contribution in [3.8, 4) is 0 Å². The van der Waals surface area contributed by atoms with Crippen LogP contribution in [0.25, 0.3) is 0 Å². The number of unbranched alkanes of at least 4 members (excludes halogenated alkanes) is 1. The molecular formula is C10H20NaO2S. The standard InChI is InChI=1S/C10H20O2S.Na/c1-3-5-6-9(4-2)7-12-10(11)8-13;/h9,13H,3-8H2,1-2H3;. The fourth-order valence-corrected chi connectivity index (χ4v) is 1.25. The topological polar surface area (TPSA) is 26.3 Å². The van der Waals surface area contributed by atoms with Crippen LogP contribution in [0.15, 0.2) is 0 Å². The first-order chi connectivity index (χ1) is 6.24. The summed E-state index contributed by atoms with van der Waals surface area (Å²) in [7, 11) is 0. The second-order valence-electron chi connectivity index (χ2n) is 3.26. The predicted octanol–water partition coefficient (Wildman–Crippen LogP) is 2.30. The van der Waals surface area contributed by atoms with E-state index < -0.39 is 0 Å². The summed E-state index contributed by atoms with van der Waals surface area (Å²) in [4.78, 5) is 10.8. The van der Waals surface area contributed by atoms with Crippen LogP contribution in [0.2, 0.25) is 0 Å². The van der Waals surface area contributed by atoms with Gasteiger partial charge in [0.25, 0.3) is 0 Å². The second-order valence-corrected chi connectivity index (χ2v) is 3.57. The van der Waals surface area contributed by atoms with Gasteiger partial charge in [-0.2, -0.15) is 12.6 Å². The third-order valence-electron chi connectivity index (χ3n) is 2.15. The van der Waals surface area contributed by atoms with E-state index in [1.54, 1.807) is 0 Å². The molecule has 0 N–H and O–H groups in total. The van der Waals surface area contributed by atoms with Crippen molar-refractivity contribution in [2.45, 2.75) is 39.5 Å². The van der Waals surface area contributed by atoms with Crippen LogP contribution in [0, 0.1) is 5.92 Å². The van der Waals surface area contributed by atoms with Crippen molar-refractivity contribution in [3.63, 3.8) is 0 Å². The van der Waals surface area contributed by atoms with Gasteiger partial charge in [-0.25, -0.2) is 0 Å². The summed E-state index contributed by atoms with van der Waals surface area (Å²) in [5.41, 5.74) is 0. The number of ether oxygens (including phenoxy) is 1. The van der Waals surface area contributed by atoms with E-state index in [0.717, 1.165) is 12.8 Å². The molecule has 0 saturated heterocycles. The molecule has 79 valence electrons. The second kappa shape index (κ2) is 11.9. The van der Waals surface area contributed by atoms with E-state index in [1.807, 2.05) is 0 Å². The van der Waals surface area contributed by atoms with E-state index in [9.17, 15) is 4.79 Å². The minimum atomic E-state index is -0.210. The van der Waals surface area contributed by atoms with Gasteiger partial charge in [0, 0.05) is 29.6 Å². The molecule has 0 aromatic heterocycles. The van der Waals surface area contributed by atoms with Crippen LogP contribution in [0.1, 0.15) is 39.5 Å². The number of carbonyl (C=O) groups is 1. The van der Waals surface area contributed by atoms with Gasteiger partial charge in [0.05, 0.1) is 12.4 Å². The van der Waals surface area contributed by atoms with Crippen LogP contribution < -0.4 is 0 Å². The van der Waals surface area contributed by atoms with Crippen LogP contribution in [-0.4, -0.2) is 47.9 Å². The summed E-state index contributed by atoms with van der Waals surface area (Å²) in [5, 5.41) is 0. The molecule has 0 spiro atoms. The smallest absolute Gasteiger partial charge is 0.315 e. The number of carbonyl (C=O) groups excluding carboxylic acids is 1. The molecule has 0 aliphatic heterocycles. The molecule has 0 heterocycles. The Labute approximate surface area is 115 Å². The number of hydrogen-bond acceptors (Lipinski definition) is 3. The Morgan fingerprint density at radius 3 is 2.50 bits per heavy atom. The SMILES string of the molecule is CCCCC(CC)COC(=O)CS.[Na]. The molecule has 1 radical (unpaired) electrons. The first kappa shape index (κ1) is 17.2. The summed E-state index contributed by atoms with van der Waals surface area (Å²) < 4.78 is 5.03. The first-order valence-electron chi connectivity index (χ1n) is 5.01. The molecule has 0 aliphatic carbocycles. The van der Waals surface area contributed by atoms with Crippen LogP contribution >= 0.6 is 12.6 Å². The Hall–Kier alpha value is 0.820. The van der Waals surface area contributed by atoms with Gasteiger partial charge in [0.15, 0.2) is 0 Å². The summed E-state index contributed by atoms with van der Waals surface area (Å²) in [6.45, 7) is 4.87. The van der Waals surface area contributed by atoms with Gasteiger partial charge in [-0.1, -0.05) is 33.1 Å². The van der Waals surface area contributed by atoms with Crippen LogP contribution in [0.3, 0.4) is 0 Å². The van der Waals surface area contributed by atoms with Gasteiger partial charge in [0.1, 0.15) is 0 Å². The zero-order valence-corrected chi connectivity index (χ0v) is 12.5. The number of hydrogen-bond donors (Lipinski definition) is 1. The fourth-order valence-electron chi connectivity index (χ4n) is 1.15. The van der Waals surface area contributed by atoms with E-state index in [1.165, 1.54) is 12.8 Å². The molecule has 0 aromatic rings. The molecular weight excluding hydrogens is 207 g/mol. The summed E-state index contributed by atoms with van der Waals surface area (Å²) in [5.74, 6) is 0.506. The molecule has 1 atom stereocenters. The van der Waals surface area contributed by atoms with Crippen molar-refractivity contribution in [2.75, 3.05) is 12.4 Å². The van der Waals surface area contributed by atoms with Crippen molar-refractivity contribution < 1.29 is 9.53 Å². The van der Waals surface area contributed by atoms with Gasteiger partial charge >= 0.3 is 5.97 Å². The van der Waals surface area contributed by atoms with Crippen molar-refractivity contribution >= 4 is 48.2 Å². The molecule has 1 unspecified atom stereocenters. The Bertz CT molecular complexity index is 142. The van der Waals surface area contributed by atoms with Crippen LogP contribution in [0.5, 0.6) is 0 Å². The first-order valence-corrected chi connectivity index (χ1v) is 5.64. The zero-order valence-electron chi connectivity index (χ0n) is 9.58. The predicted molar refractivity (Wildman–Crippen MR) is 63.9 cm³/mol. The molecule has 14 heavy (non-hydrogen) atoms. The quantitative estimate of drug-likeness (QED) is 0.410. The molecule has 0 fully saturated rings. The third-order valence-corrected chi connectivity index (χ3v) is 2.41. The average molecular weight is 227 g/mol. The minimum absolute atomic E-state index is 0. The Morgan fingerprint density at radius 1 is 1.43 bits per heavy atom. The fraction of sp³-hybridized carbons (Fsp3) is 0.900. The Kier molecular flexibility index (Phi) is 14.6. The zero-order chi connectivity index (χ0) is 10.1. The maximum absolute atomic E-state index is 10.8. The van der Waals surface area contributed by atoms with Crippen molar-refractivity contribution in [1.82, 2.24) is 0 Å². The van der Waals surface area contributed by atoms with Crippen LogP contribution in [0.4, 0.5) is 0 Å². The normalized spacial score (nSPS) is 11.6. The van der Waals surface area contributed by atoms with E-state index in [0.29, 0.717) is 12.5 Å². The minimum Gasteiger partial charge on any atom is -0.465 e. The number of thiol groups is 1. The molecule has 4 heteroatoms. The number of rotatable bonds is 7. The largest absolute Gasteiger partial charge is 0.465 e. The van der Waals surface area contributed by atoms with Crippen molar-refractivity contribution in [1.29, 1.82) is 0 Å². The molecule has 0 aliphatic rings. The van der Waals surface area contributed by atoms with E-state index in [4.69, 9.17) is 4.74 Å². The van der Waals surface area contributed by atoms with Gasteiger partial charge in [-0.15, -0.1) is 0 Å². The average Bonchev–Trinajstić information content (AvgIpc) is 2.17. The number of esters is 1. The molecule has 0 bridgehead atoms. The summed E-state index contributed by atoms with van der Waals surface area (Å²) in [6.07, 6.45) is 4.67. The molecule has 0 rings (SSSR count). The van der Waals surface area contributed by atoms with E-state index in [-0.39, 0.29) is 41.3 Å². The van der Waals surface area contributed by atoms with E-state index >= 15 is 0 Å². The van der Waals surface area contributed by atoms with Crippen molar-refractivity contribution in [3.05, 3.63) is 0 Å². The van der Waals surface area contributed by atoms with Crippen molar-refractivity contribution in [2.24, 2.45) is 5.92 Å². The van der Waals surface area contributed by atoms with Crippen LogP contribution in [-0.2, 0) is 9.53 Å². The van der Waals surface area contributed by atoms with E-state index in [2.05, 4.69) is 26.5 Å². The Balaban J connectivity index is 0. The maximum atomic E-state index is 10.8. The molecule has 2 nitrogen and oxygen atoms in total. The summed E-state index contributed by atoms with van der Waals surface area (Å²) in [6, 6.07) is 0. The third kappa shape index (κ3) is 9.38. The molecule has 0 amide bonds. The monoisotopic (exact) mass is 227 g/mol. The van der Waals surface area contributed by atoms with Gasteiger partial charge in [-0.3, -0.25) is 4.79 Å². The Morgan fingerprint density at radius 2 is 2.07 bits per heavy atom. The van der Waals surface area contributed by atoms with Gasteiger partial charge in [-0.05, 0) is 12.3 Å². The van der Waals surface area contributed by atoms with Gasteiger partial charge in [0.2, 0.25) is 0 Å².